The van der Waals surface area contributed by atoms with E-state index in [9.17, 15) is 10.2 Å². The van der Waals surface area contributed by atoms with E-state index in [2.05, 4.69) is 48.5 Å². The van der Waals surface area contributed by atoms with Gasteiger partial charge in [0, 0.05) is 0 Å². The Balaban J connectivity index is 3.40. The highest BCUT2D eigenvalue weighted by Crippen LogP contribution is 2.59. The number of aromatic hydroxyl groups is 2. The van der Waals surface area contributed by atoms with E-state index in [0.717, 1.165) is 11.5 Å². The van der Waals surface area contributed by atoms with Gasteiger partial charge in [-0.2, -0.15) is 0 Å². The highest BCUT2D eigenvalue weighted by atomic mass is 16.3. The van der Waals surface area contributed by atoms with Crippen LogP contribution in [0.2, 0.25) is 0 Å². The molecule has 3 unspecified atom stereocenters. The van der Waals surface area contributed by atoms with Crippen molar-refractivity contribution in [3.63, 3.8) is 0 Å². The molecule has 1 rings (SSSR count). The van der Waals surface area contributed by atoms with Crippen LogP contribution in [0.1, 0.15) is 118 Å². The Bertz CT molecular complexity index is 580. The van der Waals surface area contributed by atoms with Gasteiger partial charge in [-0.15, -0.1) is 0 Å². The third kappa shape index (κ3) is 5.67. The van der Waals surface area contributed by atoms with Gasteiger partial charge in [0.2, 0.25) is 0 Å². The third-order valence-electron chi connectivity index (χ3n) is 7.49. The molecule has 0 radical (unpaired) electrons. The summed E-state index contributed by atoms with van der Waals surface area (Å²) in [4.78, 5) is 0. The molecule has 0 saturated heterocycles. The number of phenolic OH excluding ortho intramolecular Hbond substituents is 2. The molecule has 2 nitrogen and oxygen atoms in total. The average Bonchev–Trinajstić information content (AvgIpc) is 2.66. The fourth-order valence-corrected chi connectivity index (χ4v) is 5.43. The third-order valence-corrected chi connectivity index (χ3v) is 7.49. The Kier molecular flexibility index (Phi) is 9.87. The van der Waals surface area contributed by atoms with Gasteiger partial charge in [-0.05, 0) is 59.6 Å². The molecule has 162 valence electrons. The Morgan fingerprint density at radius 1 is 0.857 bits per heavy atom. The molecule has 2 N–H and O–H groups in total. The summed E-state index contributed by atoms with van der Waals surface area (Å²) in [5, 5.41) is 19.9. The molecule has 0 spiro atoms. The minimum Gasteiger partial charge on any atom is -0.504 e. The summed E-state index contributed by atoms with van der Waals surface area (Å²) in [5.74, 6) is 1.07. The highest BCUT2D eigenvalue weighted by molar-refractivity contribution is 5.42. The van der Waals surface area contributed by atoms with Gasteiger partial charge in [0.25, 0.3) is 0 Å². The quantitative estimate of drug-likeness (QED) is 0.332. The molecule has 0 bridgehead atoms. The molecular weight excluding hydrogens is 344 g/mol. The van der Waals surface area contributed by atoms with Gasteiger partial charge in [-0.25, -0.2) is 0 Å². The van der Waals surface area contributed by atoms with Crippen molar-refractivity contribution in [2.75, 3.05) is 0 Å². The normalized spacial score (nSPS) is 17.3. The predicted molar refractivity (Wildman–Crippen MR) is 122 cm³/mol. The lowest BCUT2D eigenvalue weighted by Gasteiger charge is -2.54. The van der Waals surface area contributed by atoms with E-state index in [-0.39, 0.29) is 22.3 Å². The van der Waals surface area contributed by atoms with Crippen LogP contribution in [0.15, 0.2) is 18.2 Å². The molecule has 0 aliphatic carbocycles. The molecule has 2 heteroatoms. The average molecular weight is 391 g/mol. The van der Waals surface area contributed by atoms with E-state index in [1.54, 1.807) is 12.1 Å². The van der Waals surface area contributed by atoms with Crippen molar-refractivity contribution in [2.45, 2.75) is 112 Å². The monoisotopic (exact) mass is 390 g/mol. The second-order valence-corrected chi connectivity index (χ2v) is 9.68. The van der Waals surface area contributed by atoms with E-state index in [0.29, 0.717) is 5.92 Å². The molecule has 1 aromatic rings. The topological polar surface area (TPSA) is 40.5 Å². The number of unbranched alkanes of at least 4 members (excludes halogenated alkanes) is 1. The van der Waals surface area contributed by atoms with E-state index >= 15 is 0 Å². The first-order chi connectivity index (χ1) is 13.2. The summed E-state index contributed by atoms with van der Waals surface area (Å²) in [5.41, 5.74) is 1.62. The molecule has 28 heavy (non-hydrogen) atoms. The summed E-state index contributed by atoms with van der Waals surface area (Å²) in [6.45, 7) is 16.5. The molecule has 0 aliphatic rings. The summed E-state index contributed by atoms with van der Waals surface area (Å²) >= 11 is 0. The summed E-state index contributed by atoms with van der Waals surface area (Å²) in [6.07, 6.45) is 11.1. The zero-order chi connectivity index (χ0) is 21.4. The fourth-order valence-electron chi connectivity index (χ4n) is 5.43. The van der Waals surface area contributed by atoms with Gasteiger partial charge in [0.1, 0.15) is 0 Å². The van der Waals surface area contributed by atoms with Crippen molar-refractivity contribution < 1.29 is 10.2 Å². The van der Waals surface area contributed by atoms with Gasteiger partial charge in [-0.3, -0.25) is 0 Å². The van der Waals surface area contributed by atoms with E-state index in [1.165, 1.54) is 57.8 Å². The zero-order valence-corrected chi connectivity index (χ0v) is 19.6. The zero-order valence-electron chi connectivity index (χ0n) is 19.6. The lowest BCUT2D eigenvalue weighted by molar-refractivity contribution is -0.0104. The van der Waals surface area contributed by atoms with E-state index in [4.69, 9.17) is 0 Å². The Morgan fingerprint density at radius 2 is 1.54 bits per heavy atom. The minimum absolute atomic E-state index is 0.00301. The Morgan fingerprint density at radius 3 is 2.04 bits per heavy atom. The molecule has 3 atom stereocenters. The second-order valence-electron chi connectivity index (χ2n) is 9.68. The van der Waals surface area contributed by atoms with Crippen LogP contribution in [0.25, 0.3) is 0 Å². The van der Waals surface area contributed by atoms with Gasteiger partial charge < -0.3 is 10.2 Å². The maximum Gasteiger partial charge on any atom is 0.157 e. The molecule has 0 heterocycles. The van der Waals surface area contributed by atoms with Crippen molar-refractivity contribution in [1.29, 1.82) is 0 Å². The maximum atomic E-state index is 10.1. The Labute approximate surface area is 174 Å². The van der Waals surface area contributed by atoms with Crippen LogP contribution in [0.4, 0.5) is 0 Å². The molecule has 0 aromatic heterocycles. The minimum atomic E-state index is -0.0270. The number of hydrogen-bond donors (Lipinski definition) is 2. The fraction of sp³-hybridized carbons (Fsp3) is 0.769. The first-order valence-corrected chi connectivity index (χ1v) is 11.7. The SMILES string of the molecule is CCCCC(CCC)(C(C)c1ccc(O)c(O)c1)C(C)(CC)CCCC(C)C. The van der Waals surface area contributed by atoms with E-state index < -0.39 is 0 Å². The molecule has 0 saturated carbocycles. The first kappa shape index (κ1) is 24.9. The van der Waals surface area contributed by atoms with Crippen LogP contribution in [-0.2, 0) is 0 Å². The van der Waals surface area contributed by atoms with Crippen molar-refractivity contribution in [3.05, 3.63) is 23.8 Å². The van der Waals surface area contributed by atoms with Crippen LogP contribution in [-0.4, -0.2) is 10.2 Å². The molecule has 0 fully saturated rings. The first-order valence-electron chi connectivity index (χ1n) is 11.7. The summed E-state index contributed by atoms with van der Waals surface area (Å²) in [7, 11) is 0. The molecule has 0 aliphatic heterocycles. The van der Waals surface area contributed by atoms with Crippen molar-refractivity contribution in [1.82, 2.24) is 0 Å². The van der Waals surface area contributed by atoms with Gasteiger partial charge >= 0.3 is 0 Å². The molecule has 0 amide bonds. The number of rotatable bonds is 13. The summed E-state index contributed by atoms with van der Waals surface area (Å²) < 4.78 is 0. The standard InChI is InChI=1S/C26H46O2/c1-8-11-18-26(16-9-2,25(7,10-3)17-12-13-20(4)5)21(6)22-14-15-23(27)24(28)19-22/h14-15,19-21,27-28H,8-13,16-18H2,1-7H3. The molecular formula is C26H46O2. The summed E-state index contributed by atoms with van der Waals surface area (Å²) in [6, 6.07) is 5.46. The smallest absolute Gasteiger partial charge is 0.157 e. The largest absolute Gasteiger partial charge is 0.504 e. The van der Waals surface area contributed by atoms with Crippen LogP contribution >= 0.6 is 0 Å². The van der Waals surface area contributed by atoms with Crippen LogP contribution in [0, 0.1) is 16.7 Å². The van der Waals surface area contributed by atoms with Crippen molar-refractivity contribution in [3.8, 4) is 11.5 Å². The maximum absolute atomic E-state index is 10.1. The van der Waals surface area contributed by atoms with Gasteiger partial charge in [0.15, 0.2) is 11.5 Å². The van der Waals surface area contributed by atoms with E-state index in [1.807, 2.05) is 6.07 Å². The van der Waals surface area contributed by atoms with Crippen LogP contribution in [0.5, 0.6) is 11.5 Å². The number of benzene rings is 1. The van der Waals surface area contributed by atoms with Gasteiger partial charge in [0.05, 0.1) is 0 Å². The highest BCUT2D eigenvalue weighted by Gasteiger charge is 2.49. The second kappa shape index (κ2) is 11.1. The molecule has 1 aromatic carbocycles. The van der Waals surface area contributed by atoms with Crippen LogP contribution < -0.4 is 0 Å². The van der Waals surface area contributed by atoms with Crippen LogP contribution in [0.3, 0.4) is 0 Å². The number of hydrogen-bond acceptors (Lipinski definition) is 2. The van der Waals surface area contributed by atoms with Crippen molar-refractivity contribution >= 4 is 0 Å². The lowest BCUT2D eigenvalue weighted by Crippen LogP contribution is -2.44. The predicted octanol–water partition coefficient (Wildman–Crippen LogP) is 8.42. The lowest BCUT2D eigenvalue weighted by atomic mass is 9.51. The van der Waals surface area contributed by atoms with Gasteiger partial charge in [-0.1, -0.05) is 93.1 Å². The Hall–Kier alpha value is -1.18. The van der Waals surface area contributed by atoms with Crippen molar-refractivity contribution in [2.24, 2.45) is 16.7 Å². The number of phenols is 2.